The third-order valence-electron chi connectivity index (χ3n) is 5.62. The number of anilines is 1. The van der Waals surface area contributed by atoms with E-state index < -0.39 is 0 Å². The predicted octanol–water partition coefficient (Wildman–Crippen LogP) is 4.37. The maximum absolute atomic E-state index is 12.8. The Hall–Kier alpha value is -2.13. The molecule has 0 aromatic heterocycles. The molecule has 3 heteroatoms. The molecule has 0 spiro atoms. The lowest BCUT2D eigenvalue weighted by Crippen LogP contribution is -3.12. The summed E-state index contributed by atoms with van der Waals surface area (Å²) in [4.78, 5) is 14.0. The van der Waals surface area contributed by atoms with Gasteiger partial charge < -0.3 is 10.2 Å². The summed E-state index contributed by atoms with van der Waals surface area (Å²) in [5.74, 6) is 1.04. The quantitative estimate of drug-likeness (QED) is 0.714. The number of nitrogens with one attached hydrogen (secondary N) is 2. The molecular formula is C24H35N2O+. The summed E-state index contributed by atoms with van der Waals surface area (Å²) < 4.78 is 0. The van der Waals surface area contributed by atoms with Gasteiger partial charge in [-0.2, -0.15) is 0 Å². The Morgan fingerprint density at radius 1 is 1.00 bits per heavy atom. The van der Waals surface area contributed by atoms with Gasteiger partial charge in [0.05, 0.1) is 7.05 Å². The van der Waals surface area contributed by atoms with Gasteiger partial charge in [-0.3, -0.25) is 4.79 Å². The molecule has 3 nitrogen and oxygen atoms in total. The second-order valence-electron chi connectivity index (χ2n) is 8.03. The minimum Gasteiger partial charge on any atom is -0.324 e. The molecule has 0 bridgehead atoms. The molecule has 0 radical (unpaired) electrons. The zero-order chi connectivity index (χ0) is 20.0. The molecule has 0 fully saturated rings. The molecule has 0 aliphatic heterocycles. The van der Waals surface area contributed by atoms with Crippen LogP contribution in [0, 0.1) is 0 Å². The summed E-state index contributed by atoms with van der Waals surface area (Å²) in [6.45, 7) is 11.6. The summed E-state index contributed by atoms with van der Waals surface area (Å²) in [5, 5.41) is 3.16. The molecule has 146 valence electrons. The lowest BCUT2D eigenvalue weighted by atomic mass is 9.97. The lowest BCUT2D eigenvalue weighted by molar-refractivity contribution is -0.907. The van der Waals surface area contributed by atoms with E-state index in [9.17, 15) is 4.79 Å². The average Bonchev–Trinajstić information content (AvgIpc) is 2.67. The van der Waals surface area contributed by atoms with Crippen molar-refractivity contribution in [3.8, 4) is 0 Å². The Labute approximate surface area is 164 Å². The van der Waals surface area contributed by atoms with Gasteiger partial charge in [0.25, 0.3) is 5.91 Å². The van der Waals surface area contributed by atoms with Gasteiger partial charge in [0.15, 0.2) is 6.04 Å². The highest BCUT2D eigenvalue weighted by Gasteiger charge is 2.23. The van der Waals surface area contributed by atoms with Crippen molar-refractivity contribution in [3.05, 3.63) is 65.2 Å². The molecule has 2 aromatic carbocycles. The van der Waals surface area contributed by atoms with E-state index in [1.54, 1.807) is 0 Å². The molecule has 2 N–H and O–H groups in total. The van der Waals surface area contributed by atoms with Gasteiger partial charge in [-0.25, -0.2) is 0 Å². The number of hydrogen-bond acceptors (Lipinski definition) is 1. The van der Waals surface area contributed by atoms with Crippen LogP contribution in [0.15, 0.2) is 48.5 Å². The van der Waals surface area contributed by atoms with Crippen molar-refractivity contribution < 1.29 is 9.69 Å². The summed E-state index contributed by atoms with van der Waals surface area (Å²) in [6, 6.07) is 16.8. The number of rotatable bonds is 8. The summed E-state index contributed by atoms with van der Waals surface area (Å²) >= 11 is 0. The third kappa shape index (κ3) is 5.67. The monoisotopic (exact) mass is 367 g/mol. The van der Waals surface area contributed by atoms with Crippen LogP contribution >= 0.6 is 0 Å². The van der Waals surface area contributed by atoms with Crippen molar-refractivity contribution in [1.82, 2.24) is 0 Å². The number of carbonyl (C=O) groups is 1. The fraction of sp³-hybridized carbons (Fsp3) is 0.458. The highest BCUT2D eigenvalue weighted by Crippen LogP contribution is 2.26. The molecule has 27 heavy (non-hydrogen) atoms. The van der Waals surface area contributed by atoms with Crippen molar-refractivity contribution in [2.45, 2.75) is 65.5 Å². The minimum atomic E-state index is -0.125. The number of benzene rings is 2. The van der Waals surface area contributed by atoms with E-state index in [2.05, 4.69) is 70.4 Å². The van der Waals surface area contributed by atoms with Crippen molar-refractivity contribution in [3.63, 3.8) is 0 Å². The highest BCUT2D eigenvalue weighted by atomic mass is 16.2. The van der Waals surface area contributed by atoms with Crippen LogP contribution in [0.4, 0.5) is 5.69 Å². The van der Waals surface area contributed by atoms with E-state index in [0.29, 0.717) is 11.8 Å². The van der Waals surface area contributed by atoms with E-state index in [0.717, 1.165) is 18.7 Å². The minimum absolute atomic E-state index is 0.0713. The van der Waals surface area contributed by atoms with Crippen LogP contribution in [-0.2, 0) is 11.3 Å². The first-order valence-electron chi connectivity index (χ1n) is 10.1. The van der Waals surface area contributed by atoms with Crippen LogP contribution in [0.2, 0.25) is 0 Å². The van der Waals surface area contributed by atoms with Crippen LogP contribution < -0.4 is 10.2 Å². The lowest BCUT2D eigenvalue weighted by Gasteiger charge is -2.23. The van der Waals surface area contributed by atoms with Crippen LogP contribution in [0.5, 0.6) is 0 Å². The average molecular weight is 368 g/mol. The van der Waals surface area contributed by atoms with E-state index in [1.165, 1.54) is 21.6 Å². The van der Waals surface area contributed by atoms with Gasteiger partial charge in [-0.15, -0.1) is 0 Å². The number of amides is 1. The molecule has 0 saturated carbocycles. The van der Waals surface area contributed by atoms with Crippen LogP contribution in [0.3, 0.4) is 0 Å². The van der Waals surface area contributed by atoms with E-state index in [-0.39, 0.29) is 11.9 Å². The molecule has 0 heterocycles. The molecule has 2 rings (SSSR count). The SMILES string of the molecule is CC[C@H](C)c1ccccc1NC(=O)[C@H](C)[NH+](C)Cc1ccc(C(C)C)cc1. The first kappa shape index (κ1) is 21.2. The molecular weight excluding hydrogens is 332 g/mol. The van der Waals surface area contributed by atoms with Gasteiger partial charge in [0, 0.05) is 11.3 Å². The van der Waals surface area contributed by atoms with Crippen molar-refractivity contribution >= 4 is 11.6 Å². The number of likely N-dealkylation sites (N-methyl/N-ethyl adjacent to an activating group) is 1. The Bertz CT molecular complexity index is 736. The fourth-order valence-corrected chi connectivity index (χ4v) is 3.22. The largest absolute Gasteiger partial charge is 0.324 e. The van der Waals surface area contributed by atoms with Crippen molar-refractivity contribution in [1.29, 1.82) is 0 Å². The Kier molecular flexibility index (Phi) is 7.61. The van der Waals surface area contributed by atoms with Crippen LogP contribution in [0.25, 0.3) is 0 Å². The smallest absolute Gasteiger partial charge is 0.282 e. The van der Waals surface area contributed by atoms with E-state index in [4.69, 9.17) is 0 Å². The van der Waals surface area contributed by atoms with Gasteiger partial charge >= 0.3 is 0 Å². The fourth-order valence-electron chi connectivity index (χ4n) is 3.22. The summed E-state index contributed by atoms with van der Waals surface area (Å²) in [5.41, 5.74) is 4.76. The Balaban J connectivity index is 2.02. The number of para-hydroxylation sites is 1. The summed E-state index contributed by atoms with van der Waals surface area (Å²) in [6.07, 6.45) is 1.06. The molecule has 3 atom stereocenters. The number of carbonyl (C=O) groups excluding carboxylic acids is 1. The van der Waals surface area contributed by atoms with Crippen LogP contribution in [-0.4, -0.2) is 19.0 Å². The standard InChI is InChI=1S/C24H34N2O/c1-7-18(4)22-10-8-9-11-23(22)25-24(27)19(5)26(6)16-20-12-14-21(15-13-20)17(2)3/h8-15,17-19H,7,16H2,1-6H3,(H,25,27)/p+1/t18-,19-/m0/s1. The molecule has 0 aliphatic carbocycles. The number of quaternary nitrogens is 1. The second-order valence-corrected chi connectivity index (χ2v) is 8.03. The third-order valence-corrected chi connectivity index (χ3v) is 5.62. The van der Waals surface area contributed by atoms with Gasteiger partial charge in [0.1, 0.15) is 6.54 Å². The highest BCUT2D eigenvalue weighted by molar-refractivity contribution is 5.94. The topological polar surface area (TPSA) is 33.5 Å². The van der Waals surface area contributed by atoms with Crippen molar-refractivity contribution in [2.24, 2.45) is 0 Å². The normalized spacial score (nSPS) is 14.6. The van der Waals surface area contributed by atoms with E-state index in [1.807, 2.05) is 25.1 Å². The molecule has 2 aromatic rings. The predicted molar refractivity (Wildman–Crippen MR) is 114 cm³/mol. The first-order chi connectivity index (χ1) is 12.8. The molecule has 1 amide bonds. The van der Waals surface area contributed by atoms with E-state index >= 15 is 0 Å². The first-order valence-corrected chi connectivity index (χ1v) is 10.1. The second kappa shape index (κ2) is 9.70. The molecule has 1 unspecified atom stereocenters. The van der Waals surface area contributed by atoms with Gasteiger partial charge in [-0.1, -0.05) is 70.2 Å². The van der Waals surface area contributed by atoms with Crippen molar-refractivity contribution in [2.75, 3.05) is 12.4 Å². The zero-order valence-corrected chi connectivity index (χ0v) is 17.7. The maximum Gasteiger partial charge on any atom is 0.282 e. The zero-order valence-electron chi connectivity index (χ0n) is 17.7. The Morgan fingerprint density at radius 2 is 1.63 bits per heavy atom. The molecule has 0 aliphatic rings. The Morgan fingerprint density at radius 3 is 2.22 bits per heavy atom. The van der Waals surface area contributed by atoms with Gasteiger partial charge in [0.2, 0.25) is 0 Å². The summed E-state index contributed by atoms with van der Waals surface area (Å²) in [7, 11) is 2.08. The van der Waals surface area contributed by atoms with Gasteiger partial charge in [-0.05, 0) is 42.4 Å². The molecule has 0 saturated heterocycles. The van der Waals surface area contributed by atoms with Crippen LogP contribution in [0.1, 0.15) is 69.6 Å². The number of hydrogen-bond donors (Lipinski definition) is 2. The maximum atomic E-state index is 12.8.